The Morgan fingerprint density at radius 2 is 1.80 bits per heavy atom. The fourth-order valence-corrected chi connectivity index (χ4v) is 8.94. The quantitative estimate of drug-likeness (QED) is 0.0434. The molecule has 6 amide bonds. The van der Waals surface area contributed by atoms with Gasteiger partial charge in [-0.05, 0) is 74.4 Å². The van der Waals surface area contributed by atoms with E-state index < -0.39 is 30.0 Å². The zero-order chi connectivity index (χ0) is 41.7. The Morgan fingerprint density at radius 1 is 1.00 bits per heavy atom. The molecule has 312 valence electrons. The van der Waals surface area contributed by atoms with Gasteiger partial charge in [-0.2, -0.15) is 11.8 Å². The molecule has 17 heteroatoms. The highest BCUT2D eigenvalue weighted by molar-refractivity contribution is 8.00. The van der Waals surface area contributed by atoms with Crippen LogP contribution in [0.5, 0.6) is 11.5 Å². The average Bonchev–Trinajstić information content (AvgIpc) is 3.77. The minimum absolute atomic E-state index is 0.0134. The molecule has 2 saturated heterocycles. The van der Waals surface area contributed by atoms with Crippen LogP contribution in [0, 0.1) is 5.53 Å². The molecular weight excluding hydrogens is 775 g/mol. The lowest BCUT2D eigenvalue weighted by Gasteiger charge is -2.28. The van der Waals surface area contributed by atoms with Crippen LogP contribution in [0.25, 0.3) is 0 Å². The molecule has 6 atom stereocenters. The van der Waals surface area contributed by atoms with Crippen LogP contribution in [0.3, 0.4) is 0 Å². The summed E-state index contributed by atoms with van der Waals surface area (Å²) in [5, 5.41) is 18.6. The minimum Gasteiger partial charge on any atom is -0.494 e. The maximum absolute atomic E-state index is 14.1. The van der Waals surface area contributed by atoms with Crippen molar-refractivity contribution in [3.63, 3.8) is 0 Å². The van der Waals surface area contributed by atoms with E-state index in [4.69, 9.17) is 15.0 Å². The highest BCUT2D eigenvalue weighted by atomic mass is 32.2. The summed E-state index contributed by atoms with van der Waals surface area (Å²) in [5.41, 5.74) is 9.20. The first-order valence-electron chi connectivity index (χ1n) is 20.1. The van der Waals surface area contributed by atoms with Gasteiger partial charge in [-0.3, -0.25) is 19.2 Å². The molecule has 3 aliphatic heterocycles. The van der Waals surface area contributed by atoms with Gasteiger partial charge in [0, 0.05) is 37.1 Å². The number of nitrogens with one attached hydrogen (secondary N) is 6. The zero-order valence-corrected chi connectivity index (χ0v) is 34.1. The molecule has 0 aliphatic carbocycles. The molecular formula is C42H52N9O7S+. The molecule has 0 unspecified atom stereocenters. The molecule has 0 aromatic heterocycles. The summed E-state index contributed by atoms with van der Waals surface area (Å²) in [6.07, 6.45) is 4.86. The maximum atomic E-state index is 14.1. The fourth-order valence-electron chi connectivity index (χ4n) is 7.40. The van der Waals surface area contributed by atoms with E-state index in [-0.39, 0.29) is 36.3 Å². The van der Waals surface area contributed by atoms with Gasteiger partial charge >= 0.3 is 6.03 Å². The molecule has 0 saturated carbocycles. The van der Waals surface area contributed by atoms with Crippen LogP contribution < -0.4 is 45.9 Å². The lowest BCUT2D eigenvalue weighted by Crippen LogP contribution is -2.55. The van der Waals surface area contributed by atoms with E-state index in [1.165, 1.54) is 4.90 Å². The Kier molecular flexibility index (Phi) is 14.9. The Hall–Kier alpha value is -5.93. The van der Waals surface area contributed by atoms with Gasteiger partial charge in [0.05, 0.1) is 30.8 Å². The highest BCUT2D eigenvalue weighted by Crippen LogP contribution is 2.40. The topological polar surface area (TPSA) is 218 Å². The van der Waals surface area contributed by atoms with E-state index in [1.807, 2.05) is 42.1 Å². The number of carbonyl (C=O) groups is 5. The van der Waals surface area contributed by atoms with Crippen molar-refractivity contribution in [1.29, 1.82) is 5.53 Å². The van der Waals surface area contributed by atoms with E-state index >= 15 is 0 Å². The first-order valence-corrected chi connectivity index (χ1v) is 21.1. The number of thioether (sulfide) groups is 1. The lowest BCUT2D eigenvalue weighted by molar-refractivity contribution is -0.132. The van der Waals surface area contributed by atoms with E-state index in [9.17, 15) is 24.0 Å². The third kappa shape index (κ3) is 11.6. The van der Waals surface area contributed by atoms with Gasteiger partial charge in [-0.15, -0.1) is 0 Å². The number of carbonyl (C=O) groups excluding carboxylic acids is 5. The number of ether oxygens (including phenoxy) is 2. The number of likely N-dealkylation sites (N-methyl/N-ethyl adjacent to an activating group) is 1. The molecule has 0 bridgehead atoms. The van der Waals surface area contributed by atoms with E-state index in [2.05, 4.69) is 36.6 Å². The van der Waals surface area contributed by atoms with Crippen molar-refractivity contribution in [3.8, 4) is 11.5 Å². The van der Waals surface area contributed by atoms with Gasteiger partial charge in [0.1, 0.15) is 29.1 Å². The molecule has 3 heterocycles. The zero-order valence-electron chi connectivity index (χ0n) is 33.3. The van der Waals surface area contributed by atoms with Gasteiger partial charge in [-0.25, -0.2) is 4.79 Å². The normalized spacial score (nSPS) is 21.0. The van der Waals surface area contributed by atoms with Crippen LogP contribution in [0.4, 0.5) is 16.2 Å². The molecule has 0 spiro atoms. The van der Waals surface area contributed by atoms with Crippen LogP contribution in [0.1, 0.15) is 69.1 Å². The molecule has 3 aliphatic rings. The minimum atomic E-state index is -1.12. The van der Waals surface area contributed by atoms with Crippen LogP contribution in [-0.2, 0) is 25.6 Å². The Bertz CT molecular complexity index is 2010. The first-order chi connectivity index (χ1) is 28.6. The molecule has 6 N–H and O–H groups in total. The second-order valence-electron chi connectivity index (χ2n) is 14.9. The Balaban J connectivity index is 0.950. The number of fused-ring (bicyclic) bond motifs is 2. The molecule has 0 radical (unpaired) electrons. The van der Waals surface area contributed by atoms with Crippen molar-refractivity contribution in [2.45, 2.75) is 93.8 Å². The largest absolute Gasteiger partial charge is 0.494 e. The number of amides is 6. The van der Waals surface area contributed by atoms with Crippen LogP contribution >= 0.6 is 11.8 Å². The van der Waals surface area contributed by atoms with Gasteiger partial charge in [-0.1, -0.05) is 48.9 Å². The number of urea groups is 1. The molecule has 6 rings (SSSR count). The van der Waals surface area contributed by atoms with Crippen molar-refractivity contribution in [1.82, 2.24) is 31.5 Å². The number of hydrogen-bond donors (Lipinski definition) is 6. The first kappa shape index (κ1) is 42.7. The SMILES string of the molecule is C[C@H](NC(=O)Cc1ccc(N=[N+]=N)cc1)C(=O)N[C@@H]1C(=O)N(C)c2cc(OCCCCCNC(=O)CCCC[C@@H]3SC[C@@H]4NC(=O)N[C@@H]43)ccc2O[C@@H]1c1ccccc1. The van der Waals surface area contributed by atoms with Gasteiger partial charge in [0.2, 0.25) is 22.6 Å². The summed E-state index contributed by atoms with van der Waals surface area (Å²) in [4.78, 5) is 68.8. The lowest BCUT2D eigenvalue weighted by atomic mass is 10.0. The number of benzene rings is 3. The number of unbranched alkanes of at least 4 members (excludes halogenated alkanes) is 3. The molecule has 3 aromatic carbocycles. The summed E-state index contributed by atoms with van der Waals surface area (Å²) in [6, 6.07) is 19.4. The maximum Gasteiger partial charge on any atom is 0.315 e. The number of hydrogen-bond acceptors (Lipinski definition) is 10. The van der Waals surface area contributed by atoms with E-state index in [0.29, 0.717) is 58.8 Å². The summed E-state index contributed by atoms with van der Waals surface area (Å²) < 4.78 is 12.5. The van der Waals surface area contributed by atoms with Crippen molar-refractivity contribution in [3.05, 3.63) is 83.9 Å². The van der Waals surface area contributed by atoms with Crippen LogP contribution in [0.2, 0.25) is 0 Å². The van der Waals surface area contributed by atoms with Gasteiger partial charge in [0.25, 0.3) is 5.91 Å². The van der Waals surface area contributed by atoms with Crippen molar-refractivity contribution >= 4 is 52.8 Å². The van der Waals surface area contributed by atoms with Crippen LogP contribution in [0.15, 0.2) is 77.9 Å². The standard InChI is InChI=1S/C42H51N9O7S/c1-26(45-36(53)23-27-15-17-29(18-16-27)49-50-43)40(54)47-38-39(28-11-5-3-6-12-28)58-33-20-19-30(24-32(33)51(2)41(38)55)57-22-10-4-9-21-44-35(52)14-8-7-13-34-37-31(25-59-34)46-42(56)48-37/h3,5-6,11-12,15-20,24,26,31,34,37-39,43H,4,7-10,13-14,21-23,25H2,1-2H3,(H4-,44,45,46,47,48,52,53,54,56)/p+1/t26-,31-,34-,37-,38-,39+/m0/s1. The van der Waals surface area contributed by atoms with Crippen LogP contribution in [-0.4, -0.2) is 85.0 Å². The van der Waals surface area contributed by atoms with Crippen molar-refractivity contribution < 1.29 is 33.4 Å². The summed E-state index contributed by atoms with van der Waals surface area (Å²) >= 11 is 1.89. The predicted octanol–water partition coefficient (Wildman–Crippen LogP) is 4.59. The summed E-state index contributed by atoms with van der Waals surface area (Å²) in [6.45, 7) is 2.60. The van der Waals surface area contributed by atoms with E-state index in [0.717, 1.165) is 44.3 Å². The second-order valence-corrected chi connectivity index (χ2v) is 16.2. The van der Waals surface area contributed by atoms with Crippen molar-refractivity contribution in [2.24, 2.45) is 5.11 Å². The summed E-state index contributed by atoms with van der Waals surface area (Å²) in [5.74, 6) is 0.652. The third-order valence-electron chi connectivity index (χ3n) is 10.6. The average molecular weight is 827 g/mol. The van der Waals surface area contributed by atoms with Crippen molar-refractivity contribution in [2.75, 3.05) is 30.9 Å². The number of anilines is 1. The summed E-state index contributed by atoms with van der Waals surface area (Å²) in [7, 11) is 1.62. The molecule has 59 heavy (non-hydrogen) atoms. The third-order valence-corrected chi connectivity index (χ3v) is 12.1. The highest BCUT2D eigenvalue weighted by Gasteiger charge is 2.43. The van der Waals surface area contributed by atoms with Gasteiger partial charge < -0.3 is 41.0 Å². The fraction of sp³-hybridized carbons (Fsp3) is 0.452. The van der Waals surface area contributed by atoms with Gasteiger partial charge in [0.15, 0.2) is 16.9 Å². The Labute approximate surface area is 347 Å². The number of nitrogens with zero attached hydrogens (tertiary/aromatic N) is 3. The second kappa shape index (κ2) is 20.7. The number of rotatable bonds is 19. The monoisotopic (exact) mass is 826 g/mol. The van der Waals surface area contributed by atoms with E-state index in [1.54, 1.807) is 56.4 Å². The smallest absolute Gasteiger partial charge is 0.315 e. The predicted molar refractivity (Wildman–Crippen MR) is 223 cm³/mol. The Morgan fingerprint density at radius 3 is 2.58 bits per heavy atom. The molecule has 2 fully saturated rings. The molecule has 3 aromatic rings. The molecule has 16 nitrogen and oxygen atoms in total.